The van der Waals surface area contributed by atoms with Crippen LogP contribution in [-0.2, 0) is 21.1 Å². The van der Waals surface area contributed by atoms with Crippen molar-refractivity contribution in [3.05, 3.63) is 64.1 Å². The van der Waals surface area contributed by atoms with Crippen molar-refractivity contribution in [2.24, 2.45) is 0 Å². The summed E-state index contributed by atoms with van der Waals surface area (Å²) >= 11 is 11.6. The molecule has 0 spiro atoms. The molecular formula is C15H12Cl2O3S. The Morgan fingerprint density at radius 3 is 2.24 bits per heavy atom. The van der Waals surface area contributed by atoms with Crippen LogP contribution in [0.15, 0.2) is 53.4 Å². The summed E-state index contributed by atoms with van der Waals surface area (Å²) in [7, 11) is -3.71. The van der Waals surface area contributed by atoms with E-state index in [2.05, 4.69) is 0 Å². The monoisotopic (exact) mass is 342 g/mol. The summed E-state index contributed by atoms with van der Waals surface area (Å²) in [4.78, 5) is 11.9. The van der Waals surface area contributed by atoms with Crippen molar-refractivity contribution in [1.82, 2.24) is 0 Å². The van der Waals surface area contributed by atoms with Crippen LogP contribution in [0.1, 0.15) is 5.56 Å². The topological polar surface area (TPSA) is 51.2 Å². The number of carbonyl (C=O) groups is 1. The average molecular weight is 343 g/mol. The molecule has 110 valence electrons. The molecule has 0 aliphatic heterocycles. The number of halogens is 2. The summed E-state index contributed by atoms with van der Waals surface area (Å²) in [6, 6.07) is 13.0. The van der Waals surface area contributed by atoms with Crippen LogP contribution in [0.3, 0.4) is 0 Å². The minimum atomic E-state index is -3.71. The standard InChI is InChI=1S/C15H12Cl2O3S/c16-14-7-6-13(9-15(14)17)21(19,20)10-12(18)8-11-4-2-1-3-5-11/h1-7,9H,8,10H2. The van der Waals surface area contributed by atoms with Gasteiger partial charge < -0.3 is 0 Å². The second kappa shape index (κ2) is 6.60. The van der Waals surface area contributed by atoms with E-state index in [1.165, 1.54) is 18.2 Å². The molecule has 2 aromatic carbocycles. The lowest BCUT2D eigenvalue weighted by atomic mass is 10.1. The summed E-state index contributed by atoms with van der Waals surface area (Å²) in [6.07, 6.45) is 0.0847. The van der Waals surface area contributed by atoms with E-state index in [0.717, 1.165) is 5.56 Å². The highest BCUT2D eigenvalue weighted by Crippen LogP contribution is 2.25. The quantitative estimate of drug-likeness (QED) is 0.834. The molecule has 0 fully saturated rings. The number of hydrogen-bond donors (Lipinski definition) is 0. The zero-order valence-corrected chi connectivity index (χ0v) is 13.3. The van der Waals surface area contributed by atoms with Gasteiger partial charge in [0.15, 0.2) is 15.6 Å². The lowest BCUT2D eigenvalue weighted by molar-refractivity contribution is -0.116. The van der Waals surface area contributed by atoms with Gasteiger partial charge >= 0.3 is 0 Å². The van der Waals surface area contributed by atoms with Crippen molar-refractivity contribution in [3.63, 3.8) is 0 Å². The molecule has 2 rings (SSSR count). The first-order valence-corrected chi connectivity index (χ1v) is 8.53. The molecule has 0 bridgehead atoms. The van der Waals surface area contributed by atoms with Crippen molar-refractivity contribution in [1.29, 1.82) is 0 Å². The lowest BCUT2D eigenvalue weighted by Gasteiger charge is -2.05. The lowest BCUT2D eigenvalue weighted by Crippen LogP contribution is -2.18. The summed E-state index contributed by atoms with van der Waals surface area (Å²) in [5.41, 5.74) is 0.784. The molecule has 3 nitrogen and oxygen atoms in total. The molecule has 0 amide bonds. The summed E-state index contributed by atoms with van der Waals surface area (Å²) < 4.78 is 24.3. The highest BCUT2D eigenvalue weighted by atomic mass is 35.5. The van der Waals surface area contributed by atoms with Crippen LogP contribution in [0.5, 0.6) is 0 Å². The number of hydrogen-bond acceptors (Lipinski definition) is 3. The van der Waals surface area contributed by atoms with Gasteiger partial charge in [0.1, 0.15) is 5.75 Å². The van der Waals surface area contributed by atoms with E-state index in [0.29, 0.717) is 0 Å². The predicted octanol–water partition coefficient (Wildman–Crippen LogP) is 3.58. The van der Waals surface area contributed by atoms with Crippen LogP contribution in [0.2, 0.25) is 10.0 Å². The molecule has 0 atom stereocenters. The summed E-state index contributed by atoms with van der Waals surface area (Å²) in [5, 5.41) is 0.416. The molecule has 6 heteroatoms. The van der Waals surface area contributed by atoms with Crippen LogP contribution in [0.25, 0.3) is 0 Å². The molecular weight excluding hydrogens is 331 g/mol. The van der Waals surface area contributed by atoms with Gasteiger partial charge in [0, 0.05) is 6.42 Å². The van der Waals surface area contributed by atoms with Gasteiger partial charge in [-0.25, -0.2) is 8.42 Å². The van der Waals surface area contributed by atoms with Crippen LogP contribution < -0.4 is 0 Å². The molecule has 0 N–H and O–H groups in total. The zero-order valence-electron chi connectivity index (χ0n) is 10.9. The van der Waals surface area contributed by atoms with Gasteiger partial charge in [-0.2, -0.15) is 0 Å². The Balaban J connectivity index is 2.13. The number of Topliss-reactive ketones (excluding diaryl/α,β-unsaturated/α-hetero) is 1. The molecule has 21 heavy (non-hydrogen) atoms. The fraction of sp³-hybridized carbons (Fsp3) is 0.133. The third kappa shape index (κ3) is 4.30. The van der Waals surface area contributed by atoms with E-state index in [4.69, 9.17) is 23.2 Å². The van der Waals surface area contributed by atoms with Gasteiger partial charge in [0.2, 0.25) is 0 Å². The normalized spacial score (nSPS) is 11.3. The van der Waals surface area contributed by atoms with E-state index < -0.39 is 15.6 Å². The molecule has 0 saturated carbocycles. The molecule has 0 aromatic heterocycles. The Hall–Kier alpha value is -1.36. The number of benzene rings is 2. The molecule has 0 unspecified atom stereocenters. The molecule has 2 aromatic rings. The van der Waals surface area contributed by atoms with Crippen LogP contribution >= 0.6 is 23.2 Å². The Labute approximate surface area is 133 Å². The third-order valence-corrected chi connectivity index (χ3v) is 5.26. The van der Waals surface area contributed by atoms with E-state index >= 15 is 0 Å². The van der Waals surface area contributed by atoms with Crippen molar-refractivity contribution in [2.75, 3.05) is 5.75 Å². The molecule has 0 aliphatic rings. The van der Waals surface area contributed by atoms with Crippen molar-refractivity contribution in [3.8, 4) is 0 Å². The maximum absolute atomic E-state index is 12.2. The van der Waals surface area contributed by atoms with Crippen molar-refractivity contribution in [2.45, 2.75) is 11.3 Å². The van der Waals surface area contributed by atoms with E-state index in [9.17, 15) is 13.2 Å². The maximum atomic E-state index is 12.2. The van der Waals surface area contributed by atoms with Crippen LogP contribution in [0.4, 0.5) is 0 Å². The predicted molar refractivity (Wildman–Crippen MR) is 83.7 cm³/mol. The SMILES string of the molecule is O=C(Cc1ccccc1)CS(=O)(=O)c1ccc(Cl)c(Cl)c1. The zero-order chi connectivity index (χ0) is 15.5. The minimum absolute atomic E-state index is 0.00156. The van der Waals surface area contributed by atoms with E-state index in [1.54, 1.807) is 24.3 Å². The van der Waals surface area contributed by atoms with Gasteiger partial charge in [0.05, 0.1) is 14.9 Å². The molecule has 0 aliphatic carbocycles. The third-order valence-electron chi connectivity index (χ3n) is 2.85. The van der Waals surface area contributed by atoms with Gasteiger partial charge in [-0.3, -0.25) is 4.79 Å². The summed E-state index contributed by atoms with van der Waals surface area (Å²) in [5.74, 6) is -0.924. The molecule has 0 radical (unpaired) electrons. The highest BCUT2D eigenvalue weighted by molar-refractivity contribution is 7.92. The smallest absolute Gasteiger partial charge is 0.185 e. The van der Waals surface area contributed by atoms with Gasteiger partial charge in [0.25, 0.3) is 0 Å². The number of carbonyl (C=O) groups excluding carboxylic acids is 1. The molecule has 0 saturated heterocycles. The summed E-state index contributed by atoms with van der Waals surface area (Å²) in [6.45, 7) is 0. The first-order chi connectivity index (χ1) is 9.88. The Bertz CT molecular complexity index is 756. The number of ketones is 1. The first-order valence-electron chi connectivity index (χ1n) is 6.12. The van der Waals surface area contributed by atoms with Gasteiger partial charge in [-0.15, -0.1) is 0 Å². The van der Waals surface area contributed by atoms with Crippen LogP contribution in [-0.4, -0.2) is 20.0 Å². The van der Waals surface area contributed by atoms with Crippen molar-refractivity contribution < 1.29 is 13.2 Å². The molecule has 0 heterocycles. The van der Waals surface area contributed by atoms with Crippen LogP contribution in [0, 0.1) is 0 Å². The Kier molecular flexibility index (Phi) is 5.04. The average Bonchev–Trinajstić information content (AvgIpc) is 2.42. The number of sulfone groups is 1. The maximum Gasteiger partial charge on any atom is 0.185 e. The second-order valence-corrected chi connectivity index (χ2v) is 7.34. The van der Waals surface area contributed by atoms with Crippen molar-refractivity contribution >= 4 is 38.8 Å². The number of rotatable bonds is 5. The second-order valence-electron chi connectivity index (χ2n) is 4.54. The Morgan fingerprint density at radius 2 is 1.62 bits per heavy atom. The minimum Gasteiger partial charge on any atom is -0.298 e. The largest absolute Gasteiger partial charge is 0.298 e. The van der Waals surface area contributed by atoms with E-state index in [-0.39, 0.29) is 27.1 Å². The first kappa shape index (κ1) is 16.0. The fourth-order valence-corrected chi connectivity index (χ4v) is 3.47. The van der Waals surface area contributed by atoms with Gasteiger partial charge in [-0.1, -0.05) is 53.5 Å². The highest BCUT2D eigenvalue weighted by Gasteiger charge is 2.20. The van der Waals surface area contributed by atoms with E-state index in [1.807, 2.05) is 6.07 Å². The van der Waals surface area contributed by atoms with Gasteiger partial charge in [-0.05, 0) is 23.8 Å². The fourth-order valence-electron chi connectivity index (χ4n) is 1.84. The Morgan fingerprint density at radius 1 is 0.952 bits per heavy atom.